The van der Waals surface area contributed by atoms with Gasteiger partial charge in [0.2, 0.25) is 5.95 Å². The van der Waals surface area contributed by atoms with Gasteiger partial charge in [0.1, 0.15) is 0 Å². The molecule has 2 atom stereocenters. The van der Waals surface area contributed by atoms with E-state index in [2.05, 4.69) is 22.0 Å². The first-order valence-electron chi connectivity index (χ1n) is 11.1. The molecule has 0 saturated carbocycles. The van der Waals surface area contributed by atoms with Crippen LogP contribution in [0.4, 0.5) is 4.39 Å². The van der Waals surface area contributed by atoms with Gasteiger partial charge in [-0.2, -0.15) is 4.39 Å². The fourth-order valence-electron chi connectivity index (χ4n) is 5.87. The molecule has 0 radical (unpaired) electrons. The van der Waals surface area contributed by atoms with Gasteiger partial charge in [-0.05, 0) is 61.1 Å². The van der Waals surface area contributed by atoms with Crippen molar-refractivity contribution in [2.24, 2.45) is 5.73 Å². The molecule has 2 aliphatic rings. The van der Waals surface area contributed by atoms with Crippen molar-refractivity contribution in [3.8, 4) is 0 Å². The minimum Gasteiger partial charge on any atom is -0.330 e. The molecule has 1 aromatic heterocycles. The maximum absolute atomic E-state index is 14.0. The fourth-order valence-corrected chi connectivity index (χ4v) is 6.35. The van der Waals surface area contributed by atoms with Crippen LogP contribution in [-0.2, 0) is 5.41 Å². The number of aromatic nitrogens is 1. The molecular weight excluding hydrogens is 444 g/mol. The van der Waals surface area contributed by atoms with E-state index < -0.39 is 5.95 Å². The van der Waals surface area contributed by atoms with Crippen molar-refractivity contribution in [1.29, 1.82) is 0 Å². The second-order valence-electron chi connectivity index (χ2n) is 9.02. The van der Waals surface area contributed by atoms with Gasteiger partial charge in [-0.1, -0.05) is 65.7 Å². The van der Waals surface area contributed by atoms with Gasteiger partial charge >= 0.3 is 0 Å². The number of piperidine rings is 1. The number of rotatable bonds is 5. The Balaban J connectivity index is 1.58. The predicted octanol–water partition coefficient (Wildman–Crippen LogP) is 6.14. The summed E-state index contributed by atoms with van der Waals surface area (Å²) in [5, 5.41) is 1.47. The quantitative estimate of drug-likeness (QED) is 0.456. The second kappa shape index (κ2) is 8.75. The van der Waals surface area contributed by atoms with Crippen LogP contribution in [-0.4, -0.2) is 28.5 Å². The van der Waals surface area contributed by atoms with Gasteiger partial charge in [-0.15, -0.1) is 0 Å². The lowest BCUT2D eigenvalue weighted by Gasteiger charge is -2.49. The van der Waals surface area contributed by atoms with Gasteiger partial charge in [0, 0.05) is 34.1 Å². The lowest BCUT2D eigenvalue weighted by Crippen LogP contribution is -2.54. The maximum Gasteiger partial charge on any atom is 0.213 e. The molecule has 3 nitrogen and oxygen atoms in total. The van der Waals surface area contributed by atoms with E-state index in [4.69, 9.17) is 28.9 Å². The van der Waals surface area contributed by atoms with Crippen molar-refractivity contribution < 1.29 is 4.39 Å². The molecule has 0 amide bonds. The Morgan fingerprint density at radius 1 is 0.906 bits per heavy atom. The zero-order valence-corrected chi connectivity index (χ0v) is 19.2. The largest absolute Gasteiger partial charge is 0.330 e. The standard InChI is InChI=1S/C26H26Cl2FN3/c27-21-8-3-1-6-19(21)25(20-7-2-4-9-22(20)28)32-17-12-13-18(32)15-26(14-17,16-30)23-10-5-11-24(29)31-23/h1-11,17-18,25H,12-16,30H2/t17-,18-/m0/s1. The van der Waals surface area contributed by atoms with Crippen LogP contribution in [0.3, 0.4) is 0 Å². The Hall–Kier alpha value is -1.98. The van der Waals surface area contributed by atoms with E-state index in [0.717, 1.165) is 52.5 Å². The van der Waals surface area contributed by atoms with Crippen LogP contribution in [0.2, 0.25) is 10.0 Å². The first kappa shape index (κ1) is 21.8. The molecular formula is C26H26Cl2FN3. The van der Waals surface area contributed by atoms with E-state index >= 15 is 0 Å². The van der Waals surface area contributed by atoms with Crippen LogP contribution in [0.1, 0.15) is 48.5 Å². The first-order chi connectivity index (χ1) is 15.5. The lowest BCUT2D eigenvalue weighted by atomic mass is 9.71. The van der Waals surface area contributed by atoms with Crippen LogP contribution >= 0.6 is 23.2 Å². The van der Waals surface area contributed by atoms with Crippen molar-refractivity contribution in [2.75, 3.05) is 6.54 Å². The summed E-state index contributed by atoms with van der Waals surface area (Å²) in [5.41, 5.74) is 8.90. The van der Waals surface area contributed by atoms with Gasteiger partial charge < -0.3 is 5.73 Å². The van der Waals surface area contributed by atoms with E-state index in [1.54, 1.807) is 6.07 Å². The fraction of sp³-hybridized carbons (Fsp3) is 0.346. The van der Waals surface area contributed by atoms with E-state index in [1.807, 2.05) is 42.5 Å². The minimum absolute atomic E-state index is 0.0499. The highest BCUT2D eigenvalue weighted by molar-refractivity contribution is 6.32. The monoisotopic (exact) mass is 469 g/mol. The predicted molar refractivity (Wildman–Crippen MR) is 128 cm³/mol. The van der Waals surface area contributed by atoms with Crippen molar-refractivity contribution in [1.82, 2.24) is 9.88 Å². The third kappa shape index (κ3) is 3.73. The van der Waals surface area contributed by atoms with Gasteiger partial charge in [0.25, 0.3) is 0 Å². The second-order valence-corrected chi connectivity index (χ2v) is 9.83. The summed E-state index contributed by atoms with van der Waals surface area (Å²) < 4.78 is 14.0. The van der Waals surface area contributed by atoms with Crippen molar-refractivity contribution in [3.05, 3.63) is 99.5 Å². The average molecular weight is 470 g/mol. The van der Waals surface area contributed by atoms with Crippen LogP contribution in [0, 0.1) is 5.95 Å². The molecule has 2 N–H and O–H groups in total. The van der Waals surface area contributed by atoms with Crippen molar-refractivity contribution in [3.63, 3.8) is 0 Å². The third-order valence-corrected chi connectivity index (χ3v) is 7.96. The molecule has 166 valence electrons. The van der Waals surface area contributed by atoms with E-state index in [0.29, 0.717) is 6.54 Å². The Bertz CT molecular complexity index is 1060. The summed E-state index contributed by atoms with van der Waals surface area (Å²) >= 11 is 13.4. The van der Waals surface area contributed by atoms with Crippen LogP contribution in [0.5, 0.6) is 0 Å². The number of nitrogens with zero attached hydrogens (tertiary/aromatic N) is 2. The zero-order valence-electron chi connectivity index (χ0n) is 17.7. The van der Waals surface area contributed by atoms with Gasteiger partial charge in [0.15, 0.2) is 0 Å². The Kier molecular flexibility index (Phi) is 5.98. The molecule has 32 heavy (non-hydrogen) atoms. The summed E-state index contributed by atoms with van der Waals surface area (Å²) in [6.45, 7) is 0.452. The van der Waals surface area contributed by atoms with Crippen molar-refractivity contribution >= 4 is 23.2 Å². The van der Waals surface area contributed by atoms with Crippen LogP contribution in [0.25, 0.3) is 0 Å². The van der Waals surface area contributed by atoms with Gasteiger partial charge in [-0.3, -0.25) is 4.90 Å². The summed E-state index contributed by atoms with van der Waals surface area (Å²) in [6, 6.07) is 21.6. The Morgan fingerprint density at radius 3 is 1.97 bits per heavy atom. The molecule has 0 aliphatic carbocycles. The molecule has 5 rings (SSSR count). The third-order valence-electron chi connectivity index (χ3n) is 7.28. The number of hydrogen-bond acceptors (Lipinski definition) is 3. The molecule has 2 bridgehead atoms. The highest BCUT2D eigenvalue weighted by atomic mass is 35.5. The van der Waals surface area contributed by atoms with Crippen LogP contribution in [0.15, 0.2) is 66.7 Å². The molecule has 0 unspecified atom stereocenters. The first-order valence-corrected chi connectivity index (χ1v) is 11.9. The number of pyridine rings is 1. The smallest absolute Gasteiger partial charge is 0.213 e. The number of fused-ring (bicyclic) bond motifs is 2. The highest BCUT2D eigenvalue weighted by Crippen LogP contribution is 2.52. The maximum atomic E-state index is 14.0. The van der Waals surface area contributed by atoms with Crippen molar-refractivity contribution in [2.45, 2.75) is 49.2 Å². The number of nitrogens with two attached hydrogens (primary N) is 1. The zero-order chi connectivity index (χ0) is 22.3. The molecule has 6 heteroatoms. The number of benzene rings is 2. The molecule has 3 aromatic rings. The molecule has 2 fully saturated rings. The molecule has 2 saturated heterocycles. The Labute approximate surface area is 198 Å². The SMILES string of the molecule is NCC1(c2cccc(F)n2)C[C@@H]2CC[C@@H](C1)N2C(c1ccccc1Cl)c1ccccc1Cl. The molecule has 3 heterocycles. The summed E-state index contributed by atoms with van der Waals surface area (Å²) in [6.07, 6.45) is 3.80. The normalized spacial score (nSPS) is 25.4. The van der Waals surface area contributed by atoms with Gasteiger partial charge in [0.05, 0.1) is 11.7 Å². The summed E-state index contributed by atoms with van der Waals surface area (Å²) in [7, 11) is 0. The topological polar surface area (TPSA) is 42.1 Å². The summed E-state index contributed by atoms with van der Waals surface area (Å²) in [5.74, 6) is -0.449. The van der Waals surface area contributed by atoms with Gasteiger partial charge in [-0.25, -0.2) is 4.98 Å². The van der Waals surface area contributed by atoms with E-state index in [9.17, 15) is 4.39 Å². The molecule has 2 aromatic carbocycles. The minimum atomic E-state index is -0.449. The average Bonchev–Trinajstić information content (AvgIpc) is 3.06. The Morgan fingerprint density at radius 2 is 1.47 bits per heavy atom. The van der Waals surface area contributed by atoms with E-state index in [-0.39, 0.29) is 23.5 Å². The number of hydrogen-bond donors (Lipinski definition) is 1. The summed E-state index contributed by atoms with van der Waals surface area (Å²) in [4.78, 5) is 6.82. The molecule has 2 aliphatic heterocycles. The molecule has 0 spiro atoms. The highest BCUT2D eigenvalue weighted by Gasteiger charge is 2.52. The lowest BCUT2D eigenvalue weighted by molar-refractivity contribution is 0.0584. The van der Waals surface area contributed by atoms with Crippen LogP contribution < -0.4 is 5.73 Å². The van der Waals surface area contributed by atoms with E-state index in [1.165, 1.54) is 6.07 Å². The number of halogens is 3.